The fraction of sp³-hybridized carbons (Fsp3) is 0.0833. The van der Waals surface area contributed by atoms with Crippen molar-refractivity contribution in [2.75, 3.05) is 6.61 Å². The number of ether oxygens (including phenoxy) is 1. The van der Waals surface area contributed by atoms with E-state index in [1.165, 1.54) is 11.3 Å². The van der Waals surface area contributed by atoms with Gasteiger partial charge in [-0.05, 0) is 23.6 Å². The summed E-state index contributed by atoms with van der Waals surface area (Å²) in [5, 5.41) is 1.81. The largest absolute Gasteiger partial charge is 0.473 e. The zero-order valence-corrected chi connectivity index (χ0v) is 9.28. The van der Waals surface area contributed by atoms with Gasteiger partial charge in [-0.3, -0.25) is 0 Å². The first kappa shape index (κ1) is 12.1. The van der Waals surface area contributed by atoms with Crippen LogP contribution >= 0.6 is 11.3 Å². The second kappa shape index (κ2) is 7.32. The molecule has 0 atom stereocenters. The number of carbonyl (C=O) groups is 1. The predicted octanol–water partition coefficient (Wildman–Crippen LogP) is 2.82. The lowest BCUT2D eigenvalue weighted by molar-refractivity contribution is 0.0562. The number of hydrogen-bond donors (Lipinski definition) is 0. The zero-order chi connectivity index (χ0) is 11.6. The molecule has 82 valence electrons. The summed E-state index contributed by atoms with van der Waals surface area (Å²) in [6, 6.07) is 7.15. The minimum atomic E-state index is -0.349. The highest BCUT2D eigenvalue weighted by Crippen LogP contribution is 2.09. The first-order chi connectivity index (χ1) is 7.84. The van der Waals surface area contributed by atoms with E-state index in [2.05, 4.69) is 15.1 Å². The molecule has 0 unspecified atom stereocenters. The Morgan fingerprint density at radius 3 is 2.62 bits per heavy atom. The van der Waals surface area contributed by atoms with Gasteiger partial charge in [0.15, 0.2) is 6.61 Å². The van der Waals surface area contributed by atoms with Gasteiger partial charge in [-0.25, -0.2) is 4.79 Å². The van der Waals surface area contributed by atoms with E-state index >= 15 is 0 Å². The maximum Gasteiger partial charge on any atom is 0.349 e. The molecular formula is C12H10O3S. The minimum Gasteiger partial charge on any atom is -0.473 e. The third kappa shape index (κ3) is 4.49. The van der Waals surface area contributed by atoms with Crippen molar-refractivity contribution in [3.63, 3.8) is 0 Å². The molecule has 0 radical (unpaired) electrons. The van der Waals surface area contributed by atoms with Gasteiger partial charge in [0, 0.05) is 0 Å². The van der Waals surface area contributed by atoms with Crippen LogP contribution in [0.3, 0.4) is 0 Å². The Bertz CT molecular complexity index is 406. The second-order valence-corrected chi connectivity index (χ2v) is 3.50. The number of furan rings is 1. The maximum atomic E-state index is 11.0. The first-order valence-corrected chi connectivity index (χ1v) is 5.34. The van der Waals surface area contributed by atoms with Crippen LogP contribution in [0.15, 0.2) is 46.6 Å². The number of rotatable bonds is 2. The van der Waals surface area contributed by atoms with E-state index in [0.29, 0.717) is 4.88 Å². The van der Waals surface area contributed by atoms with Crippen molar-refractivity contribution in [1.29, 1.82) is 0 Å². The Morgan fingerprint density at radius 1 is 1.44 bits per heavy atom. The van der Waals surface area contributed by atoms with Gasteiger partial charge in [-0.1, -0.05) is 12.0 Å². The molecule has 2 aromatic rings. The molecular weight excluding hydrogens is 224 g/mol. The fourth-order valence-electron chi connectivity index (χ4n) is 0.800. The van der Waals surface area contributed by atoms with E-state index in [9.17, 15) is 4.79 Å². The number of thiophene rings is 1. The van der Waals surface area contributed by atoms with Crippen molar-refractivity contribution in [2.45, 2.75) is 0 Å². The molecule has 0 amide bonds. The van der Waals surface area contributed by atoms with Crippen LogP contribution in [0.4, 0.5) is 0 Å². The summed E-state index contributed by atoms with van der Waals surface area (Å²) in [4.78, 5) is 11.5. The monoisotopic (exact) mass is 234 g/mol. The van der Waals surface area contributed by atoms with Gasteiger partial charge in [0.2, 0.25) is 0 Å². The van der Waals surface area contributed by atoms with Crippen LogP contribution in [0.2, 0.25) is 0 Å². The summed E-state index contributed by atoms with van der Waals surface area (Å²) in [6.07, 6.45) is 8.16. The highest BCUT2D eigenvalue weighted by atomic mass is 32.1. The summed E-state index contributed by atoms with van der Waals surface area (Å²) in [7, 11) is 0. The third-order valence-electron chi connectivity index (χ3n) is 1.43. The molecule has 0 saturated carbocycles. The van der Waals surface area contributed by atoms with Gasteiger partial charge >= 0.3 is 5.97 Å². The van der Waals surface area contributed by atoms with Crippen molar-refractivity contribution < 1.29 is 13.9 Å². The smallest absolute Gasteiger partial charge is 0.349 e. The highest BCUT2D eigenvalue weighted by Gasteiger charge is 2.05. The van der Waals surface area contributed by atoms with E-state index in [4.69, 9.17) is 6.42 Å². The summed E-state index contributed by atoms with van der Waals surface area (Å²) >= 11 is 1.34. The Morgan fingerprint density at radius 2 is 2.19 bits per heavy atom. The van der Waals surface area contributed by atoms with Crippen LogP contribution in [-0.4, -0.2) is 12.6 Å². The fourth-order valence-corrected chi connectivity index (χ4v) is 1.42. The van der Waals surface area contributed by atoms with E-state index < -0.39 is 0 Å². The van der Waals surface area contributed by atoms with Crippen molar-refractivity contribution in [1.82, 2.24) is 0 Å². The molecule has 0 fully saturated rings. The average Bonchev–Trinajstić information content (AvgIpc) is 2.98. The summed E-state index contributed by atoms with van der Waals surface area (Å²) in [6.45, 7) is 0.0384. The lowest BCUT2D eigenvalue weighted by atomic mass is 10.5. The van der Waals surface area contributed by atoms with Crippen molar-refractivity contribution in [3.05, 3.63) is 47.0 Å². The Labute approximate surface area is 97.7 Å². The molecule has 0 N–H and O–H groups in total. The normalized spacial score (nSPS) is 8.44. The first-order valence-electron chi connectivity index (χ1n) is 4.46. The molecule has 0 spiro atoms. The Balaban J connectivity index is 0.000000212. The molecule has 0 bridgehead atoms. The van der Waals surface area contributed by atoms with Crippen molar-refractivity contribution >= 4 is 17.3 Å². The summed E-state index contributed by atoms with van der Waals surface area (Å²) in [5.74, 6) is 1.87. The summed E-state index contributed by atoms with van der Waals surface area (Å²) in [5.41, 5.74) is 0. The van der Waals surface area contributed by atoms with Crippen LogP contribution in [0, 0.1) is 12.3 Å². The summed E-state index contributed by atoms with van der Waals surface area (Å²) < 4.78 is 9.25. The molecule has 2 aromatic heterocycles. The van der Waals surface area contributed by atoms with E-state index in [1.54, 1.807) is 24.7 Å². The van der Waals surface area contributed by atoms with Gasteiger partial charge in [0.05, 0.1) is 12.5 Å². The average molecular weight is 234 g/mol. The molecule has 0 saturated heterocycles. The Hall–Kier alpha value is -1.99. The topological polar surface area (TPSA) is 39.4 Å². The molecule has 2 heterocycles. The van der Waals surface area contributed by atoms with Crippen LogP contribution in [0.25, 0.3) is 0 Å². The molecule has 0 aliphatic carbocycles. The lowest BCUT2D eigenvalue weighted by Crippen LogP contribution is -2.02. The standard InChI is InChI=1S/C8H6O2S.C4H4O/c1-2-5-10-8(9)7-4-3-6-11-7;1-2-4-5-3-1/h1,3-4,6H,5H2;1-4H. The van der Waals surface area contributed by atoms with Crippen molar-refractivity contribution in [2.24, 2.45) is 0 Å². The number of terminal acetylenes is 1. The van der Waals surface area contributed by atoms with Gasteiger partial charge in [-0.2, -0.15) is 0 Å². The highest BCUT2D eigenvalue weighted by molar-refractivity contribution is 7.11. The molecule has 0 aliphatic rings. The quantitative estimate of drug-likeness (QED) is 0.592. The van der Waals surface area contributed by atoms with Gasteiger partial charge in [0.25, 0.3) is 0 Å². The molecule has 0 aromatic carbocycles. The number of hydrogen-bond acceptors (Lipinski definition) is 4. The maximum absolute atomic E-state index is 11.0. The SMILES string of the molecule is C#CCOC(=O)c1cccs1.c1ccoc1. The van der Waals surface area contributed by atoms with Crippen molar-refractivity contribution in [3.8, 4) is 12.3 Å². The molecule has 2 rings (SSSR count). The van der Waals surface area contributed by atoms with Crippen LogP contribution in [0.5, 0.6) is 0 Å². The van der Waals surface area contributed by atoms with Crippen LogP contribution in [0.1, 0.15) is 9.67 Å². The van der Waals surface area contributed by atoms with Gasteiger partial charge in [-0.15, -0.1) is 17.8 Å². The lowest BCUT2D eigenvalue weighted by Gasteiger charge is -1.95. The number of esters is 1. The van der Waals surface area contributed by atoms with Crippen LogP contribution < -0.4 is 0 Å². The predicted molar refractivity (Wildman–Crippen MR) is 62.1 cm³/mol. The second-order valence-electron chi connectivity index (χ2n) is 2.55. The minimum absolute atomic E-state index is 0.0384. The van der Waals surface area contributed by atoms with Gasteiger partial charge in [0.1, 0.15) is 4.88 Å². The molecule has 16 heavy (non-hydrogen) atoms. The van der Waals surface area contributed by atoms with Gasteiger partial charge < -0.3 is 9.15 Å². The van der Waals surface area contributed by atoms with E-state index in [0.717, 1.165) is 0 Å². The third-order valence-corrected chi connectivity index (χ3v) is 2.28. The molecule has 3 nitrogen and oxygen atoms in total. The molecule has 4 heteroatoms. The number of carbonyl (C=O) groups excluding carboxylic acids is 1. The van der Waals surface area contributed by atoms with E-state index in [-0.39, 0.29) is 12.6 Å². The Kier molecular flexibility index (Phi) is 5.53. The van der Waals surface area contributed by atoms with E-state index in [1.807, 2.05) is 17.5 Å². The van der Waals surface area contributed by atoms with Crippen LogP contribution in [-0.2, 0) is 4.74 Å². The molecule has 0 aliphatic heterocycles. The zero-order valence-electron chi connectivity index (χ0n) is 8.46.